The summed E-state index contributed by atoms with van der Waals surface area (Å²) in [6.45, 7) is 7.85. The molecule has 1 aromatic rings. The van der Waals surface area contributed by atoms with E-state index in [-0.39, 0.29) is 0 Å². The van der Waals surface area contributed by atoms with Crippen molar-refractivity contribution in [2.45, 2.75) is 52.2 Å². The summed E-state index contributed by atoms with van der Waals surface area (Å²) in [6, 6.07) is 0. The minimum absolute atomic E-state index is 0.459. The molecule has 0 saturated heterocycles. The molecule has 0 bridgehead atoms. The molecule has 0 amide bonds. The molecule has 108 valence electrons. The number of hydrogen-bond donors (Lipinski definition) is 1. The summed E-state index contributed by atoms with van der Waals surface area (Å²) in [5.74, 6) is 0.841. The van der Waals surface area contributed by atoms with Crippen LogP contribution in [0.4, 0.5) is 0 Å². The van der Waals surface area contributed by atoms with Crippen molar-refractivity contribution in [2.24, 2.45) is 0 Å². The average Bonchev–Trinajstić information content (AvgIpc) is 2.41. The number of aliphatic hydroxyl groups excluding tert-OH is 1. The molecule has 0 aliphatic heterocycles. The predicted octanol–water partition coefficient (Wildman–Crippen LogP) is 2.43. The molecule has 1 heterocycles. The van der Waals surface area contributed by atoms with E-state index < -0.39 is 11.7 Å². The summed E-state index contributed by atoms with van der Waals surface area (Å²) in [6.07, 6.45) is 2.39. The maximum atomic E-state index is 10.4. The van der Waals surface area contributed by atoms with Gasteiger partial charge in [0.2, 0.25) is 0 Å². The Morgan fingerprint density at radius 3 is 2.47 bits per heavy atom. The predicted molar refractivity (Wildman–Crippen MR) is 75.7 cm³/mol. The lowest BCUT2D eigenvalue weighted by Gasteiger charge is -2.32. The molecule has 0 spiro atoms. The number of ether oxygens (including phenoxy) is 2. The first kappa shape index (κ1) is 15.9. The largest absolute Gasteiger partial charge is 0.496 e. The summed E-state index contributed by atoms with van der Waals surface area (Å²) in [5.41, 5.74) is 2.29. The topological polar surface area (TPSA) is 51.6 Å². The van der Waals surface area contributed by atoms with E-state index in [2.05, 4.69) is 4.98 Å². The number of methoxy groups -OCH3 is 2. The van der Waals surface area contributed by atoms with E-state index in [1.165, 1.54) is 0 Å². The van der Waals surface area contributed by atoms with E-state index in [0.29, 0.717) is 6.42 Å². The maximum Gasteiger partial charge on any atom is 0.128 e. The Balaban J connectivity index is 3.00. The Kier molecular flexibility index (Phi) is 5.32. The molecule has 19 heavy (non-hydrogen) atoms. The third-order valence-corrected chi connectivity index (χ3v) is 4.01. The number of rotatable bonds is 6. The highest BCUT2D eigenvalue weighted by Gasteiger charge is 2.32. The molecule has 1 rings (SSSR count). The lowest BCUT2D eigenvalue weighted by Crippen LogP contribution is -2.42. The first-order valence-corrected chi connectivity index (χ1v) is 6.61. The zero-order valence-corrected chi connectivity index (χ0v) is 12.8. The van der Waals surface area contributed by atoms with Crippen LogP contribution in [0.3, 0.4) is 0 Å². The molecule has 4 nitrogen and oxygen atoms in total. The van der Waals surface area contributed by atoms with Crippen molar-refractivity contribution in [2.75, 3.05) is 14.2 Å². The van der Waals surface area contributed by atoms with Gasteiger partial charge in [-0.25, -0.2) is 0 Å². The van der Waals surface area contributed by atoms with Crippen LogP contribution in [0.1, 0.15) is 37.1 Å². The first-order valence-electron chi connectivity index (χ1n) is 6.61. The molecule has 2 unspecified atom stereocenters. The Bertz CT molecular complexity index is 428. The number of aliphatic hydroxyl groups is 1. The first-order chi connectivity index (χ1) is 8.89. The van der Waals surface area contributed by atoms with E-state index in [0.717, 1.165) is 29.0 Å². The molecule has 0 aromatic carbocycles. The molecule has 4 heteroatoms. The number of aromatic nitrogens is 1. The number of hydrogen-bond acceptors (Lipinski definition) is 4. The SMILES string of the molecule is CCC(C)(OC)C(O)Cc1ncc(C)c(OC)c1C. The Labute approximate surface area is 115 Å². The molecule has 0 aliphatic carbocycles. The van der Waals surface area contributed by atoms with Gasteiger partial charge in [0.15, 0.2) is 0 Å². The molecule has 0 saturated carbocycles. The second kappa shape index (κ2) is 6.35. The van der Waals surface area contributed by atoms with Gasteiger partial charge in [0.05, 0.1) is 18.8 Å². The van der Waals surface area contributed by atoms with E-state index in [9.17, 15) is 5.11 Å². The zero-order chi connectivity index (χ0) is 14.6. The smallest absolute Gasteiger partial charge is 0.128 e. The summed E-state index contributed by atoms with van der Waals surface area (Å²) in [7, 11) is 3.28. The minimum atomic E-state index is -0.596. The van der Waals surface area contributed by atoms with Crippen LogP contribution in [0, 0.1) is 13.8 Å². The Morgan fingerprint density at radius 2 is 2.00 bits per heavy atom. The van der Waals surface area contributed by atoms with Gasteiger partial charge in [-0.2, -0.15) is 0 Å². The third kappa shape index (κ3) is 3.25. The summed E-state index contributed by atoms with van der Waals surface area (Å²) in [4.78, 5) is 4.41. The van der Waals surface area contributed by atoms with Crippen LogP contribution >= 0.6 is 0 Å². The van der Waals surface area contributed by atoms with Crippen LogP contribution in [0.2, 0.25) is 0 Å². The minimum Gasteiger partial charge on any atom is -0.496 e. The summed E-state index contributed by atoms with van der Waals surface area (Å²) in [5, 5.41) is 10.4. The van der Waals surface area contributed by atoms with Crippen molar-refractivity contribution >= 4 is 0 Å². The van der Waals surface area contributed by atoms with E-state index >= 15 is 0 Å². The van der Waals surface area contributed by atoms with Crippen LogP contribution in [0.5, 0.6) is 5.75 Å². The highest BCUT2D eigenvalue weighted by molar-refractivity contribution is 5.41. The van der Waals surface area contributed by atoms with Gasteiger partial charge in [-0.05, 0) is 27.2 Å². The van der Waals surface area contributed by atoms with E-state index in [4.69, 9.17) is 9.47 Å². The van der Waals surface area contributed by atoms with Gasteiger partial charge in [0.25, 0.3) is 0 Å². The lowest BCUT2D eigenvalue weighted by molar-refractivity contribution is -0.0918. The normalized spacial score (nSPS) is 15.9. The van der Waals surface area contributed by atoms with Crippen molar-refractivity contribution in [1.82, 2.24) is 4.98 Å². The van der Waals surface area contributed by atoms with Gasteiger partial charge < -0.3 is 14.6 Å². The molecular weight excluding hydrogens is 242 g/mol. The zero-order valence-electron chi connectivity index (χ0n) is 12.8. The van der Waals surface area contributed by atoms with Crippen LogP contribution in [0.25, 0.3) is 0 Å². The van der Waals surface area contributed by atoms with Crippen molar-refractivity contribution in [3.63, 3.8) is 0 Å². The summed E-state index contributed by atoms with van der Waals surface area (Å²) >= 11 is 0. The van der Waals surface area contributed by atoms with Crippen LogP contribution in [0.15, 0.2) is 6.20 Å². The van der Waals surface area contributed by atoms with Gasteiger partial charge in [-0.1, -0.05) is 6.92 Å². The molecule has 0 radical (unpaired) electrons. The van der Waals surface area contributed by atoms with Crippen LogP contribution < -0.4 is 4.74 Å². The lowest BCUT2D eigenvalue weighted by atomic mass is 9.91. The quantitative estimate of drug-likeness (QED) is 0.860. The molecule has 0 fully saturated rings. The Morgan fingerprint density at radius 1 is 1.37 bits per heavy atom. The van der Waals surface area contributed by atoms with E-state index in [1.54, 1.807) is 20.4 Å². The molecule has 1 aromatic heterocycles. The molecule has 0 aliphatic rings. The highest BCUT2D eigenvalue weighted by atomic mass is 16.5. The fraction of sp³-hybridized carbons (Fsp3) is 0.667. The fourth-order valence-electron chi connectivity index (χ4n) is 2.19. The van der Waals surface area contributed by atoms with Gasteiger partial charge in [-0.15, -0.1) is 0 Å². The van der Waals surface area contributed by atoms with Crippen LogP contribution in [-0.2, 0) is 11.2 Å². The Hall–Kier alpha value is -1.13. The number of aryl methyl sites for hydroxylation is 1. The standard InChI is InChI=1S/C15H25NO3/c1-7-15(4,19-6)13(17)8-12-11(3)14(18-5)10(2)9-16-12/h9,13,17H,7-8H2,1-6H3. The van der Waals surface area contributed by atoms with Crippen LogP contribution in [-0.4, -0.2) is 36.0 Å². The second-order valence-electron chi connectivity index (χ2n) is 5.14. The highest BCUT2D eigenvalue weighted by Crippen LogP contribution is 2.27. The molecular formula is C15H25NO3. The van der Waals surface area contributed by atoms with Gasteiger partial charge in [-0.3, -0.25) is 4.98 Å². The average molecular weight is 267 g/mol. The maximum absolute atomic E-state index is 10.4. The van der Waals surface area contributed by atoms with Gasteiger partial charge in [0.1, 0.15) is 5.75 Å². The van der Waals surface area contributed by atoms with Crippen molar-refractivity contribution in [3.8, 4) is 5.75 Å². The van der Waals surface area contributed by atoms with Gasteiger partial charge in [0, 0.05) is 36.5 Å². The second-order valence-corrected chi connectivity index (χ2v) is 5.14. The molecule has 1 N–H and O–H groups in total. The fourth-order valence-corrected chi connectivity index (χ4v) is 2.19. The van der Waals surface area contributed by atoms with Gasteiger partial charge >= 0.3 is 0 Å². The number of pyridine rings is 1. The van der Waals surface area contributed by atoms with E-state index in [1.807, 2.05) is 27.7 Å². The monoisotopic (exact) mass is 267 g/mol. The molecule has 2 atom stereocenters. The summed E-state index contributed by atoms with van der Waals surface area (Å²) < 4.78 is 10.8. The van der Waals surface area contributed by atoms with Crippen molar-refractivity contribution in [1.29, 1.82) is 0 Å². The van der Waals surface area contributed by atoms with Crippen molar-refractivity contribution in [3.05, 3.63) is 23.0 Å². The number of nitrogens with zero attached hydrogens (tertiary/aromatic N) is 1. The van der Waals surface area contributed by atoms with Crippen molar-refractivity contribution < 1.29 is 14.6 Å². The third-order valence-electron chi connectivity index (χ3n) is 4.01.